The van der Waals surface area contributed by atoms with E-state index in [1.807, 2.05) is 0 Å². The Morgan fingerprint density at radius 2 is 2.23 bits per heavy atom. The maximum absolute atomic E-state index is 12.2. The number of alkyl halides is 2. The third kappa shape index (κ3) is 5.13. The normalized spacial score (nSPS) is 16.5. The van der Waals surface area contributed by atoms with Crippen LogP contribution in [0.5, 0.6) is 11.6 Å². The van der Waals surface area contributed by atoms with Gasteiger partial charge >= 0.3 is 6.61 Å². The van der Waals surface area contributed by atoms with Crippen molar-refractivity contribution >= 4 is 11.6 Å². The van der Waals surface area contributed by atoms with Crippen molar-refractivity contribution in [2.75, 3.05) is 18.5 Å². The van der Waals surface area contributed by atoms with Crippen LogP contribution < -0.4 is 14.8 Å². The molecule has 0 unspecified atom stereocenters. The first-order valence-corrected chi connectivity index (χ1v) is 8.17. The number of benzene rings is 1. The minimum absolute atomic E-state index is 0.0335. The van der Waals surface area contributed by atoms with E-state index in [4.69, 9.17) is 9.47 Å². The number of ether oxygens (including phenoxy) is 3. The van der Waals surface area contributed by atoms with E-state index in [0.29, 0.717) is 23.7 Å². The lowest BCUT2D eigenvalue weighted by molar-refractivity contribution is -0.0498. The first kappa shape index (κ1) is 18.1. The number of carbonyl (C=O) groups excluding carboxylic acids is 1. The fourth-order valence-electron chi connectivity index (χ4n) is 2.51. The quantitative estimate of drug-likeness (QED) is 0.814. The highest BCUT2D eigenvalue weighted by Gasteiger charge is 2.16. The number of anilines is 1. The van der Waals surface area contributed by atoms with Gasteiger partial charge in [0.05, 0.1) is 11.7 Å². The molecular formula is C18H18F2N2O4. The second kappa shape index (κ2) is 8.57. The van der Waals surface area contributed by atoms with Crippen molar-refractivity contribution in [3.05, 3.63) is 48.2 Å². The van der Waals surface area contributed by atoms with E-state index >= 15 is 0 Å². The SMILES string of the molecule is O=C(Nc1cccc(OC(F)F)c1)c1ccc(OC[C@H]2CCCO2)nc1. The van der Waals surface area contributed by atoms with Crippen molar-refractivity contribution in [3.8, 4) is 11.6 Å². The molecule has 0 saturated carbocycles. The summed E-state index contributed by atoms with van der Waals surface area (Å²) in [6.07, 6.45) is 3.47. The molecule has 1 aromatic carbocycles. The molecule has 1 fully saturated rings. The van der Waals surface area contributed by atoms with E-state index in [9.17, 15) is 13.6 Å². The van der Waals surface area contributed by atoms with Crippen LogP contribution in [0.1, 0.15) is 23.2 Å². The minimum atomic E-state index is -2.92. The van der Waals surface area contributed by atoms with Crippen LogP contribution in [0, 0.1) is 0 Å². The Bertz CT molecular complexity index is 734. The molecule has 0 spiro atoms. The summed E-state index contributed by atoms with van der Waals surface area (Å²) in [6.45, 7) is -1.74. The number of rotatable bonds is 7. The zero-order valence-electron chi connectivity index (χ0n) is 13.9. The van der Waals surface area contributed by atoms with Gasteiger partial charge in [0.15, 0.2) is 0 Å². The lowest BCUT2D eigenvalue weighted by atomic mass is 10.2. The van der Waals surface area contributed by atoms with E-state index in [-0.39, 0.29) is 11.9 Å². The van der Waals surface area contributed by atoms with Gasteiger partial charge in [-0.15, -0.1) is 0 Å². The topological polar surface area (TPSA) is 69.7 Å². The number of amides is 1. The zero-order chi connectivity index (χ0) is 18.4. The zero-order valence-corrected chi connectivity index (χ0v) is 13.9. The standard InChI is InChI=1S/C18H18F2N2O4/c19-18(20)26-14-4-1-3-13(9-14)22-17(23)12-6-7-16(21-10-12)25-11-15-5-2-8-24-15/h1,3-4,6-7,9-10,15,18H,2,5,8,11H2,(H,22,23)/t15-/m1/s1. The summed E-state index contributed by atoms with van der Waals surface area (Å²) in [4.78, 5) is 16.3. The lowest BCUT2D eigenvalue weighted by Crippen LogP contribution is -2.17. The molecule has 1 atom stereocenters. The smallest absolute Gasteiger partial charge is 0.387 e. The molecule has 1 amide bonds. The number of halogens is 2. The van der Waals surface area contributed by atoms with E-state index < -0.39 is 12.5 Å². The molecule has 2 aromatic rings. The van der Waals surface area contributed by atoms with E-state index in [0.717, 1.165) is 19.4 Å². The summed E-state index contributed by atoms with van der Waals surface area (Å²) in [5.74, 6) is -0.0458. The Morgan fingerprint density at radius 3 is 2.92 bits per heavy atom. The molecule has 3 rings (SSSR count). The van der Waals surface area contributed by atoms with Gasteiger partial charge < -0.3 is 19.5 Å². The molecule has 6 nitrogen and oxygen atoms in total. The molecular weight excluding hydrogens is 346 g/mol. The number of aromatic nitrogens is 1. The van der Waals surface area contributed by atoms with Crippen LogP contribution >= 0.6 is 0 Å². The van der Waals surface area contributed by atoms with Crippen LogP contribution in [-0.4, -0.2) is 36.8 Å². The van der Waals surface area contributed by atoms with Crippen LogP contribution in [-0.2, 0) is 4.74 Å². The predicted octanol–water partition coefficient (Wildman–Crippen LogP) is 3.49. The van der Waals surface area contributed by atoms with Crippen LogP contribution in [0.4, 0.5) is 14.5 Å². The van der Waals surface area contributed by atoms with E-state index in [1.54, 1.807) is 18.2 Å². The number of carbonyl (C=O) groups is 1. The van der Waals surface area contributed by atoms with Gasteiger partial charge in [-0.2, -0.15) is 8.78 Å². The van der Waals surface area contributed by atoms with Gasteiger partial charge in [-0.25, -0.2) is 4.98 Å². The number of pyridine rings is 1. The summed E-state index contributed by atoms with van der Waals surface area (Å²) < 4.78 is 39.8. The molecule has 1 aliphatic rings. The molecule has 1 saturated heterocycles. The van der Waals surface area contributed by atoms with Crippen molar-refractivity contribution < 1.29 is 27.8 Å². The number of nitrogens with zero attached hydrogens (tertiary/aromatic N) is 1. The summed E-state index contributed by atoms with van der Waals surface area (Å²) in [5.41, 5.74) is 0.654. The van der Waals surface area contributed by atoms with Gasteiger partial charge in [-0.05, 0) is 31.0 Å². The monoisotopic (exact) mass is 364 g/mol. The van der Waals surface area contributed by atoms with Crippen molar-refractivity contribution in [2.24, 2.45) is 0 Å². The first-order valence-electron chi connectivity index (χ1n) is 8.17. The van der Waals surface area contributed by atoms with E-state index in [1.165, 1.54) is 24.4 Å². The van der Waals surface area contributed by atoms with E-state index in [2.05, 4.69) is 15.0 Å². The third-order valence-corrected chi connectivity index (χ3v) is 3.76. The Hall–Kier alpha value is -2.74. The molecule has 0 aliphatic carbocycles. The molecule has 138 valence electrons. The Morgan fingerprint density at radius 1 is 1.35 bits per heavy atom. The van der Waals surface area contributed by atoms with Crippen LogP contribution in [0.15, 0.2) is 42.6 Å². The van der Waals surface area contributed by atoms with Crippen LogP contribution in [0.3, 0.4) is 0 Å². The summed E-state index contributed by atoms with van der Waals surface area (Å²) in [5, 5.41) is 2.60. The van der Waals surface area contributed by atoms with Gasteiger partial charge in [0.25, 0.3) is 5.91 Å². The van der Waals surface area contributed by atoms with Gasteiger partial charge in [0, 0.05) is 30.6 Å². The third-order valence-electron chi connectivity index (χ3n) is 3.76. The Kier molecular flexibility index (Phi) is 5.96. The highest BCUT2D eigenvalue weighted by molar-refractivity contribution is 6.04. The molecule has 1 aromatic heterocycles. The highest BCUT2D eigenvalue weighted by Crippen LogP contribution is 2.20. The van der Waals surface area contributed by atoms with Crippen LogP contribution in [0.25, 0.3) is 0 Å². The summed E-state index contributed by atoms with van der Waals surface area (Å²) >= 11 is 0. The summed E-state index contributed by atoms with van der Waals surface area (Å²) in [6, 6.07) is 8.95. The van der Waals surface area contributed by atoms with Crippen molar-refractivity contribution in [2.45, 2.75) is 25.6 Å². The maximum atomic E-state index is 12.2. The largest absolute Gasteiger partial charge is 0.475 e. The predicted molar refractivity (Wildman–Crippen MR) is 89.7 cm³/mol. The van der Waals surface area contributed by atoms with Crippen molar-refractivity contribution in [1.29, 1.82) is 0 Å². The minimum Gasteiger partial charge on any atom is -0.475 e. The highest BCUT2D eigenvalue weighted by atomic mass is 19.3. The molecule has 0 radical (unpaired) electrons. The molecule has 2 heterocycles. The maximum Gasteiger partial charge on any atom is 0.387 e. The van der Waals surface area contributed by atoms with Gasteiger partial charge in [-0.1, -0.05) is 6.07 Å². The van der Waals surface area contributed by atoms with Gasteiger partial charge in [0.2, 0.25) is 5.88 Å². The molecule has 8 heteroatoms. The lowest BCUT2D eigenvalue weighted by Gasteiger charge is -2.11. The van der Waals surface area contributed by atoms with Gasteiger partial charge in [-0.3, -0.25) is 4.79 Å². The Labute approximate surface area is 149 Å². The number of hydrogen-bond donors (Lipinski definition) is 1. The molecule has 1 aliphatic heterocycles. The van der Waals surface area contributed by atoms with Crippen molar-refractivity contribution in [1.82, 2.24) is 4.98 Å². The second-order valence-electron chi connectivity index (χ2n) is 5.69. The van der Waals surface area contributed by atoms with Crippen molar-refractivity contribution in [3.63, 3.8) is 0 Å². The average molecular weight is 364 g/mol. The molecule has 26 heavy (non-hydrogen) atoms. The first-order chi connectivity index (χ1) is 12.6. The summed E-state index contributed by atoms with van der Waals surface area (Å²) in [7, 11) is 0. The number of hydrogen-bond acceptors (Lipinski definition) is 5. The second-order valence-corrected chi connectivity index (χ2v) is 5.69. The Balaban J connectivity index is 1.56. The molecule has 1 N–H and O–H groups in total. The van der Waals surface area contributed by atoms with Gasteiger partial charge in [0.1, 0.15) is 12.4 Å². The number of nitrogens with one attached hydrogen (secondary N) is 1. The fourth-order valence-corrected chi connectivity index (χ4v) is 2.51. The fraction of sp³-hybridized carbons (Fsp3) is 0.333. The van der Waals surface area contributed by atoms with Crippen LogP contribution in [0.2, 0.25) is 0 Å². The molecule has 0 bridgehead atoms. The average Bonchev–Trinajstić information content (AvgIpc) is 3.14.